The molecule has 0 aliphatic carbocycles. The summed E-state index contributed by atoms with van der Waals surface area (Å²) in [5.74, 6) is 1.17. The molecule has 21 heavy (non-hydrogen) atoms. The van der Waals surface area contributed by atoms with E-state index in [4.69, 9.17) is 9.15 Å². The van der Waals surface area contributed by atoms with Gasteiger partial charge >= 0.3 is 0 Å². The van der Waals surface area contributed by atoms with Gasteiger partial charge in [0, 0.05) is 17.8 Å². The highest BCUT2D eigenvalue weighted by atomic mass is 32.1. The maximum absolute atomic E-state index is 12.6. The SMILES string of the molecule is CC(C)c1nnc([C@@H]2COCCN2C(=O)c2ccsc2)o1. The first kappa shape index (κ1) is 14.2. The molecule has 2 aromatic rings. The van der Waals surface area contributed by atoms with Gasteiger partial charge in [-0.15, -0.1) is 10.2 Å². The normalized spacial score (nSPS) is 19.2. The van der Waals surface area contributed by atoms with Crippen molar-refractivity contribution < 1.29 is 13.9 Å². The van der Waals surface area contributed by atoms with Crippen LogP contribution in [0.25, 0.3) is 0 Å². The summed E-state index contributed by atoms with van der Waals surface area (Å²) in [5.41, 5.74) is 0.690. The topological polar surface area (TPSA) is 68.5 Å². The Labute approximate surface area is 126 Å². The quantitative estimate of drug-likeness (QED) is 0.871. The fourth-order valence-electron chi connectivity index (χ4n) is 2.22. The van der Waals surface area contributed by atoms with Gasteiger partial charge in [-0.2, -0.15) is 11.3 Å². The maximum Gasteiger partial charge on any atom is 0.255 e. The van der Waals surface area contributed by atoms with Crippen LogP contribution in [0.4, 0.5) is 0 Å². The molecule has 1 fully saturated rings. The molecule has 3 heterocycles. The van der Waals surface area contributed by atoms with E-state index in [0.29, 0.717) is 37.1 Å². The van der Waals surface area contributed by atoms with Crippen molar-refractivity contribution in [1.82, 2.24) is 15.1 Å². The summed E-state index contributed by atoms with van der Waals surface area (Å²) in [4.78, 5) is 14.3. The first-order chi connectivity index (χ1) is 10.2. The van der Waals surface area contributed by atoms with Crippen LogP contribution in [0.1, 0.15) is 47.9 Å². The van der Waals surface area contributed by atoms with E-state index in [-0.39, 0.29) is 17.9 Å². The molecule has 1 amide bonds. The van der Waals surface area contributed by atoms with Crippen LogP contribution in [0.5, 0.6) is 0 Å². The Hall–Kier alpha value is -1.73. The Morgan fingerprint density at radius 1 is 1.48 bits per heavy atom. The molecular weight excluding hydrogens is 290 g/mol. The Bertz CT molecular complexity index is 609. The molecule has 1 atom stereocenters. The van der Waals surface area contributed by atoms with E-state index in [1.54, 1.807) is 4.90 Å². The van der Waals surface area contributed by atoms with Gasteiger partial charge in [0.25, 0.3) is 5.91 Å². The smallest absolute Gasteiger partial charge is 0.255 e. The third-order valence-electron chi connectivity index (χ3n) is 3.39. The molecule has 0 aromatic carbocycles. The lowest BCUT2D eigenvalue weighted by Crippen LogP contribution is -2.43. The van der Waals surface area contributed by atoms with Gasteiger partial charge in [0.15, 0.2) is 0 Å². The molecule has 7 heteroatoms. The minimum atomic E-state index is -0.314. The van der Waals surface area contributed by atoms with Gasteiger partial charge in [-0.25, -0.2) is 0 Å². The lowest BCUT2D eigenvalue weighted by Gasteiger charge is -2.33. The van der Waals surface area contributed by atoms with Gasteiger partial charge in [-0.3, -0.25) is 4.79 Å². The van der Waals surface area contributed by atoms with Crippen molar-refractivity contribution in [1.29, 1.82) is 0 Å². The first-order valence-electron chi connectivity index (χ1n) is 6.91. The van der Waals surface area contributed by atoms with Crippen LogP contribution in [0.15, 0.2) is 21.2 Å². The van der Waals surface area contributed by atoms with Gasteiger partial charge in [0.2, 0.25) is 11.8 Å². The summed E-state index contributed by atoms with van der Waals surface area (Å²) in [7, 11) is 0. The lowest BCUT2D eigenvalue weighted by atomic mass is 10.2. The molecule has 1 aliphatic rings. The summed E-state index contributed by atoms with van der Waals surface area (Å²) in [6, 6.07) is 1.51. The van der Waals surface area contributed by atoms with Gasteiger partial charge in [0.05, 0.1) is 18.8 Å². The minimum Gasteiger partial charge on any atom is -0.423 e. The van der Waals surface area contributed by atoms with Crippen LogP contribution in [0.3, 0.4) is 0 Å². The molecular formula is C14H17N3O3S. The monoisotopic (exact) mass is 307 g/mol. The highest BCUT2D eigenvalue weighted by molar-refractivity contribution is 7.08. The first-order valence-corrected chi connectivity index (χ1v) is 7.85. The van der Waals surface area contributed by atoms with Crippen molar-refractivity contribution >= 4 is 17.2 Å². The molecule has 1 saturated heterocycles. The number of morpholine rings is 1. The molecule has 0 saturated carbocycles. The Kier molecular flexibility index (Phi) is 4.03. The van der Waals surface area contributed by atoms with E-state index >= 15 is 0 Å². The van der Waals surface area contributed by atoms with E-state index in [2.05, 4.69) is 10.2 Å². The van der Waals surface area contributed by atoms with E-state index in [0.717, 1.165) is 0 Å². The zero-order valence-electron chi connectivity index (χ0n) is 12.0. The van der Waals surface area contributed by atoms with E-state index in [1.807, 2.05) is 30.7 Å². The van der Waals surface area contributed by atoms with Crippen LogP contribution in [-0.2, 0) is 4.74 Å². The summed E-state index contributed by atoms with van der Waals surface area (Å²) in [6.45, 7) is 5.41. The largest absolute Gasteiger partial charge is 0.423 e. The Balaban J connectivity index is 1.85. The third kappa shape index (κ3) is 2.84. The number of hydrogen-bond donors (Lipinski definition) is 0. The van der Waals surface area contributed by atoms with E-state index in [1.165, 1.54) is 11.3 Å². The molecule has 3 rings (SSSR count). The van der Waals surface area contributed by atoms with Gasteiger partial charge in [-0.05, 0) is 11.4 Å². The molecule has 0 unspecified atom stereocenters. The van der Waals surface area contributed by atoms with Crippen LogP contribution in [-0.4, -0.2) is 40.8 Å². The van der Waals surface area contributed by atoms with Gasteiger partial charge in [0.1, 0.15) is 6.04 Å². The molecule has 1 aliphatic heterocycles. The average molecular weight is 307 g/mol. The number of carbonyl (C=O) groups excluding carboxylic acids is 1. The van der Waals surface area contributed by atoms with Crippen molar-refractivity contribution in [2.45, 2.75) is 25.8 Å². The molecule has 0 bridgehead atoms. The van der Waals surface area contributed by atoms with Crippen molar-refractivity contribution in [2.75, 3.05) is 19.8 Å². The number of aromatic nitrogens is 2. The number of amides is 1. The van der Waals surface area contributed by atoms with Crippen LogP contribution < -0.4 is 0 Å². The van der Waals surface area contributed by atoms with E-state index in [9.17, 15) is 4.79 Å². The molecule has 112 valence electrons. The third-order valence-corrected chi connectivity index (χ3v) is 4.08. The second-order valence-corrected chi connectivity index (χ2v) is 6.01. The highest BCUT2D eigenvalue weighted by Gasteiger charge is 2.33. The van der Waals surface area contributed by atoms with Crippen molar-refractivity contribution in [3.63, 3.8) is 0 Å². The van der Waals surface area contributed by atoms with Crippen LogP contribution in [0.2, 0.25) is 0 Å². The molecule has 0 radical (unpaired) electrons. The lowest BCUT2D eigenvalue weighted by molar-refractivity contribution is -0.0107. The van der Waals surface area contributed by atoms with Gasteiger partial charge in [-0.1, -0.05) is 13.8 Å². The van der Waals surface area contributed by atoms with E-state index < -0.39 is 0 Å². The average Bonchev–Trinajstić information content (AvgIpc) is 3.18. The second-order valence-electron chi connectivity index (χ2n) is 5.23. The minimum absolute atomic E-state index is 0.0196. The summed E-state index contributed by atoms with van der Waals surface area (Å²) >= 11 is 1.51. The highest BCUT2D eigenvalue weighted by Crippen LogP contribution is 2.27. The van der Waals surface area contributed by atoms with Crippen molar-refractivity contribution in [3.8, 4) is 0 Å². The summed E-state index contributed by atoms with van der Waals surface area (Å²) < 4.78 is 11.2. The Morgan fingerprint density at radius 2 is 2.33 bits per heavy atom. The van der Waals surface area contributed by atoms with Crippen molar-refractivity contribution in [3.05, 3.63) is 34.2 Å². The van der Waals surface area contributed by atoms with Crippen molar-refractivity contribution in [2.24, 2.45) is 0 Å². The number of hydrogen-bond acceptors (Lipinski definition) is 6. The van der Waals surface area contributed by atoms with Crippen LogP contribution >= 0.6 is 11.3 Å². The molecule has 2 aromatic heterocycles. The number of thiophene rings is 1. The standard InChI is InChI=1S/C14H17N3O3S/c1-9(2)12-15-16-13(20-12)11-7-19-5-4-17(11)14(18)10-3-6-21-8-10/h3,6,8-9,11H,4-5,7H2,1-2H3/t11-/m0/s1. The number of nitrogens with zero attached hydrogens (tertiary/aromatic N) is 3. The number of ether oxygens (including phenoxy) is 1. The predicted octanol–water partition coefficient (Wildman–Crippen LogP) is 2.47. The maximum atomic E-state index is 12.6. The molecule has 0 spiro atoms. The number of rotatable bonds is 3. The number of carbonyl (C=O) groups is 1. The summed E-state index contributed by atoms with van der Waals surface area (Å²) in [6.07, 6.45) is 0. The summed E-state index contributed by atoms with van der Waals surface area (Å²) in [5, 5.41) is 11.9. The van der Waals surface area contributed by atoms with Crippen LogP contribution in [0, 0.1) is 0 Å². The zero-order valence-corrected chi connectivity index (χ0v) is 12.8. The Morgan fingerprint density at radius 3 is 3.00 bits per heavy atom. The fraction of sp³-hybridized carbons (Fsp3) is 0.500. The molecule has 0 N–H and O–H groups in total. The predicted molar refractivity (Wildman–Crippen MR) is 77.3 cm³/mol. The molecule has 6 nitrogen and oxygen atoms in total. The van der Waals surface area contributed by atoms with Gasteiger partial charge < -0.3 is 14.1 Å². The fourth-order valence-corrected chi connectivity index (χ4v) is 2.85. The second kappa shape index (κ2) is 5.95. The zero-order chi connectivity index (χ0) is 14.8.